The van der Waals surface area contributed by atoms with Crippen LogP contribution in [-0.4, -0.2) is 95.4 Å². The second-order valence-electron chi connectivity index (χ2n) is 15.6. The van der Waals surface area contributed by atoms with Gasteiger partial charge in [-0.2, -0.15) is 0 Å². The fraction of sp³-hybridized carbons (Fsp3) is 0.442. The fourth-order valence-electron chi connectivity index (χ4n) is 7.04. The van der Waals surface area contributed by atoms with Crippen molar-refractivity contribution >= 4 is 40.6 Å². The molecule has 57 heavy (non-hydrogen) atoms. The molecule has 7 rings (SSSR count). The van der Waals surface area contributed by atoms with Gasteiger partial charge in [0.2, 0.25) is 23.6 Å². The second kappa shape index (κ2) is 18.4. The number of aryl methyl sites for hydroxylation is 1. The number of fused-ring (bicyclic) bond motifs is 18. The van der Waals surface area contributed by atoms with Crippen LogP contribution in [0.15, 0.2) is 66.7 Å². The Bertz CT molecular complexity index is 2060. The molecule has 1 aromatic heterocycles. The maximum absolute atomic E-state index is 14.3. The molecule has 0 spiro atoms. The van der Waals surface area contributed by atoms with Crippen LogP contribution in [0.3, 0.4) is 0 Å². The predicted octanol–water partition coefficient (Wildman–Crippen LogP) is 3.62. The largest absolute Gasteiger partial charge is 0.497 e. The number of aromatic nitrogens is 2. The van der Waals surface area contributed by atoms with Gasteiger partial charge in [0.25, 0.3) is 5.91 Å². The number of nitrogens with zero attached hydrogens (tertiary/aromatic N) is 2. The zero-order chi connectivity index (χ0) is 40.6. The summed E-state index contributed by atoms with van der Waals surface area (Å²) in [6.45, 7) is 7.97. The van der Waals surface area contributed by atoms with Crippen molar-refractivity contribution in [3.63, 3.8) is 0 Å². The van der Waals surface area contributed by atoms with E-state index in [1.54, 1.807) is 68.6 Å². The molecule has 3 aliphatic rings. The lowest BCUT2D eigenvalue weighted by Gasteiger charge is -2.29. The number of amides is 5. The molecule has 1 aliphatic carbocycles. The first-order chi connectivity index (χ1) is 27.3. The molecule has 0 radical (unpaired) electrons. The number of imidazole rings is 1. The van der Waals surface area contributed by atoms with Crippen molar-refractivity contribution in [1.82, 2.24) is 36.1 Å². The van der Waals surface area contributed by atoms with Gasteiger partial charge in [-0.15, -0.1) is 0 Å². The standard InChI is InChI=1S/C43H53N7O7/c1-25(2)18-32-24-57-34-15-10-29(11-16-34)20-38(48-40(52)31-12-17-35-36(21-31)46-27(4)45-35)42(54)49-37(19-28-8-13-33(56-5)14-9-28)41(53)44-26(3)43(55)50(22-30-6-7-30)23-39(51)47-32/h8-17,21,25-26,30,32,37-38H,6-7,18-20,22-24H2,1-5H3,(H,44,53)(H,45,46)(H,47,51)(H,48,52)(H,49,54)/t26-,32+,37+,38+/m1/s1. The van der Waals surface area contributed by atoms with E-state index >= 15 is 0 Å². The quantitative estimate of drug-likeness (QED) is 0.160. The third-order valence-corrected chi connectivity index (χ3v) is 10.2. The van der Waals surface area contributed by atoms with Crippen molar-refractivity contribution < 1.29 is 33.4 Å². The lowest BCUT2D eigenvalue weighted by molar-refractivity contribution is -0.140. The molecule has 5 N–H and O–H groups in total. The van der Waals surface area contributed by atoms with Gasteiger partial charge in [0, 0.05) is 24.9 Å². The molecule has 1 fully saturated rings. The molecule has 4 atom stereocenters. The maximum atomic E-state index is 14.3. The van der Waals surface area contributed by atoms with E-state index in [9.17, 15) is 24.0 Å². The summed E-state index contributed by atoms with van der Waals surface area (Å²) in [7, 11) is 1.55. The van der Waals surface area contributed by atoms with Crippen molar-refractivity contribution in [3.05, 3.63) is 89.2 Å². The summed E-state index contributed by atoms with van der Waals surface area (Å²) in [5, 5.41) is 11.7. The number of hydrogen-bond donors (Lipinski definition) is 5. The average Bonchev–Trinajstić information content (AvgIpc) is 3.92. The molecule has 0 saturated heterocycles. The number of ether oxygens (including phenoxy) is 2. The molecule has 0 unspecified atom stereocenters. The summed E-state index contributed by atoms with van der Waals surface area (Å²) in [6.07, 6.45) is 2.75. The number of carbonyl (C=O) groups excluding carboxylic acids is 5. The summed E-state index contributed by atoms with van der Waals surface area (Å²) < 4.78 is 11.4. The van der Waals surface area contributed by atoms with Gasteiger partial charge in [-0.1, -0.05) is 38.1 Å². The molecule has 2 aliphatic heterocycles. The molecular weight excluding hydrogens is 727 g/mol. The van der Waals surface area contributed by atoms with Gasteiger partial charge in [-0.05, 0) is 98.5 Å². The third kappa shape index (κ3) is 11.3. The Morgan fingerprint density at radius 1 is 0.965 bits per heavy atom. The van der Waals surface area contributed by atoms with Crippen molar-refractivity contribution in [2.24, 2.45) is 11.8 Å². The number of hydrogen-bond acceptors (Lipinski definition) is 8. The lowest BCUT2D eigenvalue weighted by atomic mass is 10.0. The number of H-pyrrole nitrogens is 1. The monoisotopic (exact) mass is 779 g/mol. The molecular formula is C43H53N7O7. The van der Waals surface area contributed by atoms with E-state index in [1.807, 2.05) is 19.1 Å². The van der Waals surface area contributed by atoms with Gasteiger partial charge in [0.15, 0.2) is 0 Å². The Balaban J connectivity index is 1.32. The Morgan fingerprint density at radius 2 is 1.70 bits per heavy atom. The third-order valence-electron chi connectivity index (χ3n) is 10.2. The molecule has 4 aromatic rings. The number of benzene rings is 3. The van der Waals surface area contributed by atoms with E-state index in [0.29, 0.717) is 46.9 Å². The Morgan fingerprint density at radius 3 is 2.39 bits per heavy atom. The highest BCUT2D eigenvalue weighted by molar-refractivity contribution is 6.01. The van der Waals surface area contributed by atoms with Gasteiger partial charge in [-0.3, -0.25) is 24.0 Å². The Hall–Kier alpha value is -5.92. The highest BCUT2D eigenvalue weighted by atomic mass is 16.5. The highest BCUT2D eigenvalue weighted by Crippen LogP contribution is 2.30. The Labute approximate surface area is 332 Å². The molecule has 14 nitrogen and oxygen atoms in total. The van der Waals surface area contributed by atoms with Crippen LogP contribution in [0.1, 0.15) is 67.3 Å². The topological polar surface area (TPSA) is 184 Å². The number of carbonyl (C=O) groups is 5. The van der Waals surface area contributed by atoms with Gasteiger partial charge >= 0.3 is 0 Å². The minimum absolute atomic E-state index is 0.0798. The summed E-state index contributed by atoms with van der Waals surface area (Å²) in [5.41, 5.74) is 3.18. The van der Waals surface area contributed by atoms with Gasteiger partial charge in [0.05, 0.1) is 30.7 Å². The van der Waals surface area contributed by atoms with Crippen LogP contribution in [-0.2, 0) is 32.0 Å². The highest BCUT2D eigenvalue weighted by Gasteiger charge is 2.34. The predicted molar refractivity (Wildman–Crippen MR) is 215 cm³/mol. The Kier molecular flexibility index (Phi) is 13.1. The van der Waals surface area contributed by atoms with E-state index in [1.165, 1.54) is 4.90 Å². The number of nitrogens with one attached hydrogen (secondary N) is 5. The van der Waals surface area contributed by atoms with E-state index in [2.05, 4.69) is 45.1 Å². The van der Waals surface area contributed by atoms with Gasteiger partial charge in [0.1, 0.15) is 42.1 Å². The molecule has 302 valence electrons. The van der Waals surface area contributed by atoms with Crippen LogP contribution in [0, 0.1) is 18.8 Å². The van der Waals surface area contributed by atoms with E-state index in [0.717, 1.165) is 24.0 Å². The summed E-state index contributed by atoms with van der Waals surface area (Å²) in [4.78, 5) is 78.7. The first-order valence-corrected chi connectivity index (χ1v) is 19.6. The molecule has 5 amide bonds. The van der Waals surface area contributed by atoms with Crippen LogP contribution in [0.5, 0.6) is 11.5 Å². The van der Waals surface area contributed by atoms with Crippen LogP contribution >= 0.6 is 0 Å². The van der Waals surface area contributed by atoms with E-state index in [-0.39, 0.29) is 49.8 Å². The first-order valence-electron chi connectivity index (χ1n) is 19.6. The van der Waals surface area contributed by atoms with Crippen LogP contribution in [0.2, 0.25) is 0 Å². The van der Waals surface area contributed by atoms with Crippen LogP contribution in [0.4, 0.5) is 0 Å². The molecule has 3 heterocycles. The summed E-state index contributed by atoms with van der Waals surface area (Å²) in [5.74, 6) is 0.0790. The summed E-state index contributed by atoms with van der Waals surface area (Å²) >= 11 is 0. The fourth-order valence-corrected chi connectivity index (χ4v) is 7.04. The minimum Gasteiger partial charge on any atom is -0.497 e. The van der Waals surface area contributed by atoms with Crippen molar-refractivity contribution in [2.45, 2.75) is 84.0 Å². The zero-order valence-electron chi connectivity index (χ0n) is 33.2. The average molecular weight is 780 g/mol. The number of rotatable bonds is 9. The first kappa shape index (κ1) is 40.7. The number of aromatic amines is 1. The zero-order valence-corrected chi connectivity index (χ0v) is 33.2. The normalized spacial score (nSPS) is 21.4. The van der Waals surface area contributed by atoms with E-state index < -0.39 is 41.8 Å². The summed E-state index contributed by atoms with van der Waals surface area (Å²) in [6, 6.07) is 15.8. The van der Waals surface area contributed by atoms with E-state index in [4.69, 9.17) is 9.47 Å². The smallest absolute Gasteiger partial charge is 0.252 e. The van der Waals surface area contributed by atoms with Crippen LogP contribution < -0.4 is 30.7 Å². The van der Waals surface area contributed by atoms with Crippen LogP contribution in [0.25, 0.3) is 11.0 Å². The lowest BCUT2D eigenvalue weighted by Crippen LogP contribution is -2.58. The maximum Gasteiger partial charge on any atom is 0.252 e. The molecule has 1 saturated carbocycles. The second-order valence-corrected chi connectivity index (χ2v) is 15.6. The SMILES string of the molecule is COc1ccc(C[C@@H]2NC(=O)[C@@H](NC(=O)c3ccc4nc(C)[nH]c4c3)Cc3ccc(cc3)OC[C@H](CC(C)C)NC(=O)CN(CC3CC3)C(=O)[C@@H](C)NC2=O)cc1. The number of methoxy groups -OCH3 is 1. The van der Waals surface area contributed by atoms with Gasteiger partial charge < -0.3 is 40.6 Å². The van der Waals surface area contributed by atoms with Crippen molar-refractivity contribution in [3.8, 4) is 11.5 Å². The van der Waals surface area contributed by atoms with Crippen molar-refractivity contribution in [1.29, 1.82) is 0 Å². The molecule has 2 bridgehead atoms. The van der Waals surface area contributed by atoms with Gasteiger partial charge in [-0.25, -0.2) is 4.98 Å². The van der Waals surface area contributed by atoms with Crippen molar-refractivity contribution in [2.75, 3.05) is 26.8 Å². The molecule has 3 aromatic carbocycles. The minimum atomic E-state index is -1.14. The molecule has 14 heteroatoms.